The first kappa shape index (κ1) is 24.5. The van der Waals surface area contributed by atoms with Crippen LogP contribution in [0.3, 0.4) is 0 Å². The summed E-state index contributed by atoms with van der Waals surface area (Å²) in [4.78, 5) is 28.1. The Hall–Kier alpha value is -2.16. The molecule has 1 amide bonds. The second-order valence-electron chi connectivity index (χ2n) is 7.06. The standard InChI is InChI=1S/C24H24BrNO4S2/c1-3-12-29-19-11-10-18(25)14-17(19)15-20-22(27)26(24(31)32-20)21(23(28)30-13-4-2)16-8-6-5-7-9-16/h5-11,14-15,21H,3-4,12-13H2,1-2H3/b20-15+. The number of thiocarbonyl (C=S) groups is 1. The summed E-state index contributed by atoms with van der Waals surface area (Å²) in [7, 11) is 0. The molecule has 0 aromatic heterocycles. The van der Waals surface area contributed by atoms with Gasteiger partial charge in [-0.1, -0.05) is 84.1 Å². The first-order valence-corrected chi connectivity index (χ1v) is 12.4. The number of rotatable bonds is 9. The van der Waals surface area contributed by atoms with Crippen LogP contribution in [0.2, 0.25) is 0 Å². The van der Waals surface area contributed by atoms with Gasteiger partial charge in [-0.05, 0) is 42.7 Å². The lowest BCUT2D eigenvalue weighted by Crippen LogP contribution is -2.38. The van der Waals surface area contributed by atoms with Gasteiger partial charge >= 0.3 is 5.97 Å². The van der Waals surface area contributed by atoms with Crippen molar-refractivity contribution < 1.29 is 19.1 Å². The number of halogens is 1. The molecule has 0 aliphatic carbocycles. The molecule has 1 unspecified atom stereocenters. The smallest absolute Gasteiger partial charge is 0.333 e. The summed E-state index contributed by atoms with van der Waals surface area (Å²) in [6, 6.07) is 13.8. The quantitative estimate of drug-likeness (QED) is 0.219. The summed E-state index contributed by atoms with van der Waals surface area (Å²) in [5, 5.41) is 0. The Morgan fingerprint density at radius 2 is 1.88 bits per heavy atom. The van der Waals surface area contributed by atoms with E-state index in [2.05, 4.69) is 15.9 Å². The first-order chi connectivity index (χ1) is 15.5. The lowest BCUT2D eigenvalue weighted by molar-refractivity contribution is -0.151. The van der Waals surface area contributed by atoms with Gasteiger partial charge in [0.05, 0.1) is 18.1 Å². The zero-order valence-electron chi connectivity index (χ0n) is 17.9. The Balaban J connectivity index is 1.96. The Kier molecular flexibility index (Phi) is 8.90. The zero-order chi connectivity index (χ0) is 23.1. The minimum Gasteiger partial charge on any atom is -0.493 e. The average Bonchev–Trinajstić information content (AvgIpc) is 3.06. The third kappa shape index (κ3) is 5.79. The van der Waals surface area contributed by atoms with Gasteiger partial charge in [-0.3, -0.25) is 9.69 Å². The molecule has 1 heterocycles. The lowest BCUT2D eigenvalue weighted by Gasteiger charge is -2.25. The van der Waals surface area contributed by atoms with Crippen LogP contribution in [0.15, 0.2) is 57.9 Å². The molecule has 3 rings (SSSR count). The fourth-order valence-electron chi connectivity index (χ4n) is 3.13. The Bertz CT molecular complexity index is 1030. The molecule has 1 atom stereocenters. The third-order valence-corrected chi connectivity index (χ3v) is 6.41. The van der Waals surface area contributed by atoms with Gasteiger partial charge in [-0.25, -0.2) is 4.79 Å². The predicted molar refractivity (Wildman–Crippen MR) is 135 cm³/mol. The summed E-state index contributed by atoms with van der Waals surface area (Å²) < 4.78 is 12.4. The number of amides is 1. The van der Waals surface area contributed by atoms with Gasteiger partial charge < -0.3 is 9.47 Å². The molecule has 0 bridgehead atoms. The molecule has 2 aromatic rings. The van der Waals surface area contributed by atoms with Crippen molar-refractivity contribution in [1.29, 1.82) is 0 Å². The highest BCUT2D eigenvalue weighted by Crippen LogP contribution is 2.40. The monoisotopic (exact) mass is 533 g/mol. The summed E-state index contributed by atoms with van der Waals surface area (Å²) in [5.74, 6) is -0.143. The van der Waals surface area contributed by atoms with E-state index in [1.165, 1.54) is 16.7 Å². The first-order valence-electron chi connectivity index (χ1n) is 10.4. The lowest BCUT2D eigenvalue weighted by atomic mass is 10.1. The molecule has 0 N–H and O–H groups in total. The van der Waals surface area contributed by atoms with Crippen LogP contribution in [0.1, 0.15) is 43.9 Å². The van der Waals surface area contributed by atoms with Crippen LogP contribution in [-0.4, -0.2) is 34.3 Å². The number of benzene rings is 2. The van der Waals surface area contributed by atoms with Crippen molar-refractivity contribution in [3.05, 3.63) is 69.0 Å². The maximum atomic E-state index is 13.4. The summed E-state index contributed by atoms with van der Waals surface area (Å²) in [5.41, 5.74) is 1.42. The van der Waals surface area contributed by atoms with Gasteiger partial charge in [0.1, 0.15) is 10.1 Å². The predicted octanol–water partition coefficient (Wildman–Crippen LogP) is 6.13. The zero-order valence-corrected chi connectivity index (χ0v) is 21.1. The molecule has 1 aliphatic heterocycles. The van der Waals surface area contributed by atoms with Crippen LogP contribution in [0, 0.1) is 0 Å². The highest BCUT2D eigenvalue weighted by atomic mass is 79.9. The van der Waals surface area contributed by atoms with Gasteiger partial charge in [0.2, 0.25) is 0 Å². The highest BCUT2D eigenvalue weighted by Gasteiger charge is 2.42. The van der Waals surface area contributed by atoms with E-state index in [9.17, 15) is 9.59 Å². The third-order valence-electron chi connectivity index (χ3n) is 4.59. The molecule has 1 fully saturated rings. The highest BCUT2D eigenvalue weighted by molar-refractivity contribution is 9.10. The molecule has 0 spiro atoms. The summed E-state index contributed by atoms with van der Waals surface area (Å²) >= 11 is 10.2. The van der Waals surface area contributed by atoms with Crippen LogP contribution in [0.5, 0.6) is 5.75 Å². The molecule has 8 heteroatoms. The van der Waals surface area contributed by atoms with Crippen LogP contribution in [0.4, 0.5) is 0 Å². The topological polar surface area (TPSA) is 55.8 Å². The van der Waals surface area contributed by atoms with E-state index in [1.807, 2.05) is 50.2 Å². The van der Waals surface area contributed by atoms with E-state index in [0.717, 1.165) is 16.5 Å². The van der Waals surface area contributed by atoms with Crippen LogP contribution in [-0.2, 0) is 14.3 Å². The van der Waals surface area contributed by atoms with Crippen LogP contribution in [0.25, 0.3) is 6.08 Å². The van der Waals surface area contributed by atoms with Gasteiger partial charge in [-0.15, -0.1) is 0 Å². The fourth-order valence-corrected chi connectivity index (χ4v) is 4.81. The molecule has 2 aromatic carbocycles. The second kappa shape index (κ2) is 11.6. The van der Waals surface area contributed by atoms with E-state index in [4.69, 9.17) is 21.7 Å². The van der Waals surface area contributed by atoms with Gasteiger partial charge in [-0.2, -0.15) is 0 Å². The number of thioether (sulfide) groups is 1. The van der Waals surface area contributed by atoms with Crippen LogP contribution >= 0.6 is 39.9 Å². The molecule has 168 valence electrons. The average molecular weight is 534 g/mol. The number of hydrogen-bond acceptors (Lipinski definition) is 6. The van der Waals surface area contributed by atoms with Gasteiger partial charge in [0.15, 0.2) is 6.04 Å². The largest absolute Gasteiger partial charge is 0.493 e. The van der Waals surface area contributed by atoms with E-state index < -0.39 is 12.0 Å². The number of nitrogens with zero attached hydrogens (tertiary/aromatic N) is 1. The van der Waals surface area contributed by atoms with Gasteiger partial charge in [0.25, 0.3) is 5.91 Å². The number of carbonyl (C=O) groups is 2. The van der Waals surface area contributed by atoms with E-state index in [1.54, 1.807) is 18.2 Å². The molecule has 0 radical (unpaired) electrons. The molecular weight excluding hydrogens is 510 g/mol. The molecule has 1 aliphatic rings. The minimum absolute atomic E-state index is 0.281. The van der Waals surface area contributed by atoms with Crippen molar-refractivity contribution in [2.75, 3.05) is 13.2 Å². The maximum Gasteiger partial charge on any atom is 0.333 e. The fraction of sp³-hybridized carbons (Fsp3) is 0.292. The molecular formula is C24H24BrNO4S2. The minimum atomic E-state index is -0.931. The van der Waals surface area contributed by atoms with Crippen molar-refractivity contribution in [3.63, 3.8) is 0 Å². The molecule has 0 saturated carbocycles. The Labute approximate surface area is 206 Å². The van der Waals surface area contributed by atoms with Crippen molar-refractivity contribution in [2.24, 2.45) is 0 Å². The van der Waals surface area contributed by atoms with Crippen molar-refractivity contribution >= 4 is 62.2 Å². The number of esters is 1. The molecule has 32 heavy (non-hydrogen) atoms. The Morgan fingerprint density at radius 3 is 2.56 bits per heavy atom. The molecule has 5 nitrogen and oxygen atoms in total. The normalized spacial score (nSPS) is 15.8. The van der Waals surface area contributed by atoms with E-state index in [-0.39, 0.29) is 12.5 Å². The van der Waals surface area contributed by atoms with E-state index >= 15 is 0 Å². The van der Waals surface area contributed by atoms with Crippen molar-refractivity contribution in [1.82, 2.24) is 4.90 Å². The molecule has 1 saturated heterocycles. The van der Waals surface area contributed by atoms with Crippen LogP contribution < -0.4 is 4.74 Å². The summed E-state index contributed by atoms with van der Waals surface area (Å²) in [6.07, 6.45) is 3.32. The Morgan fingerprint density at radius 1 is 1.16 bits per heavy atom. The number of hydrogen-bond donors (Lipinski definition) is 0. The number of carbonyl (C=O) groups excluding carboxylic acids is 2. The summed E-state index contributed by atoms with van der Waals surface area (Å²) in [6.45, 7) is 4.81. The van der Waals surface area contributed by atoms with E-state index in [0.29, 0.717) is 33.6 Å². The number of ether oxygens (including phenoxy) is 2. The maximum absolute atomic E-state index is 13.4. The second-order valence-corrected chi connectivity index (χ2v) is 9.65. The SMILES string of the molecule is CCCOC(=O)C(c1ccccc1)N1C(=O)/C(=C\c2cc(Br)ccc2OCCC)SC1=S. The van der Waals surface area contributed by atoms with Crippen molar-refractivity contribution in [2.45, 2.75) is 32.7 Å². The van der Waals surface area contributed by atoms with Gasteiger partial charge in [0, 0.05) is 10.0 Å². The van der Waals surface area contributed by atoms with Crippen molar-refractivity contribution in [3.8, 4) is 5.75 Å².